The van der Waals surface area contributed by atoms with Crippen LogP contribution in [0.5, 0.6) is 0 Å². The van der Waals surface area contributed by atoms with Gasteiger partial charge in [0.05, 0.1) is 30.4 Å². The van der Waals surface area contributed by atoms with Crippen molar-refractivity contribution in [3.8, 4) is 22.5 Å². The summed E-state index contributed by atoms with van der Waals surface area (Å²) in [6.45, 7) is -0.0165. The quantitative estimate of drug-likeness (QED) is 0.532. The van der Waals surface area contributed by atoms with Crippen molar-refractivity contribution in [2.24, 2.45) is 7.05 Å². The number of aliphatic hydroxyl groups excluding tert-OH is 1. The summed E-state index contributed by atoms with van der Waals surface area (Å²) in [6.07, 6.45) is 7.70. The summed E-state index contributed by atoms with van der Waals surface area (Å²) in [6, 6.07) is 16.3. The molecule has 3 aromatic heterocycles. The van der Waals surface area contributed by atoms with E-state index in [2.05, 4.69) is 49.4 Å². The molecule has 27 heavy (non-hydrogen) atoms. The second kappa shape index (κ2) is 6.07. The van der Waals surface area contributed by atoms with E-state index in [0.717, 1.165) is 33.7 Å². The molecular weight excluding hydrogens is 336 g/mol. The van der Waals surface area contributed by atoms with Crippen molar-refractivity contribution in [3.05, 3.63) is 78.9 Å². The predicted octanol–water partition coefficient (Wildman–Crippen LogP) is 4.05. The Kier molecular flexibility index (Phi) is 3.55. The van der Waals surface area contributed by atoms with Crippen molar-refractivity contribution in [1.82, 2.24) is 18.9 Å². The molecule has 0 aliphatic rings. The smallest absolute Gasteiger partial charge is 0.155 e. The van der Waals surface area contributed by atoms with Crippen LogP contribution in [0.1, 0.15) is 5.56 Å². The van der Waals surface area contributed by atoms with E-state index in [9.17, 15) is 5.11 Å². The van der Waals surface area contributed by atoms with Crippen LogP contribution in [0.25, 0.3) is 39.1 Å². The Hall–Kier alpha value is -3.44. The van der Waals surface area contributed by atoms with Crippen molar-refractivity contribution >= 4 is 16.6 Å². The molecule has 5 rings (SSSR count). The van der Waals surface area contributed by atoms with Gasteiger partial charge in [0.1, 0.15) is 0 Å². The normalized spacial score (nSPS) is 11.5. The average molecular weight is 354 g/mol. The van der Waals surface area contributed by atoms with Crippen molar-refractivity contribution < 1.29 is 5.11 Å². The first-order chi connectivity index (χ1) is 13.2. The van der Waals surface area contributed by atoms with Crippen LogP contribution in [-0.2, 0) is 13.7 Å². The fourth-order valence-corrected chi connectivity index (χ4v) is 3.59. The minimum Gasteiger partial charge on any atom is -0.392 e. The molecule has 0 fully saturated rings. The third kappa shape index (κ3) is 2.52. The molecule has 0 spiro atoms. The van der Waals surface area contributed by atoms with Crippen molar-refractivity contribution in [2.45, 2.75) is 6.61 Å². The summed E-state index contributed by atoms with van der Waals surface area (Å²) in [5.41, 5.74) is 6.72. The molecule has 132 valence electrons. The molecule has 0 atom stereocenters. The summed E-state index contributed by atoms with van der Waals surface area (Å²) in [4.78, 5) is 9.05. The van der Waals surface area contributed by atoms with E-state index in [1.54, 1.807) is 6.20 Å². The highest BCUT2D eigenvalue weighted by Gasteiger charge is 2.11. The molecule has 5 heteroatoms. The molecule has 0 aliphatic carbocycles. The maximum atomic E-state index is 9.64. The first kappa shape index (κ1) is 15.8. The number of hydrogen-bond acceptors (Lipinski definition) is 3. The number of fused-ring (bicyclic) bond motifs is 2. The SMILES string of the molecule is Cn1ccc2cc(-c3cnc4cnc(-c5ccccc5CO)cn34)ccc21. The Morgan fingerprint density at radius 1 is 1.00 bits per heavy atom. The summed E-state index contributed by atoms with van der Waals surface area (Å²) >= 11 is 0. The van der Waals surface area contributed by atoms with Crippen LogP contribution >= 0.6 is 0 Å². The predicted molar refractivity (Wildman–Crippen MR) is 106 cm³/mol. The summed E-state index contributed by atoms with van der Waals surface area (Å²) < 4.78 is 4.17. The topological polar surface area (TPSA) is 55.3 Å². The minimum absolute atomic E-state index is 0.0165. The second-order valence-corrected chi connectivity index (χ2v) is 6.66. The highest BCUT2D eigenvalue weighted by molar-refractivity contribution is 5.85. The molecular formula is C22H18N4O. The van der Waals surface area contributed by atoms with Gasteiger partial charge in [-0.15, -0.1) is 0 Å². The highest BCUT2D eigenvalue weighted by atomic mass is 16.3. The van der Waals surface area contributed by atoms with E-state index in [1.807, 2.05) is 43.7 Å². The zero-order valence-corrected chi connectivity index (χ0v) is 14.9. The van der Waals surface area contributed by atoms with Gasteiger partial charge >= 0.3 is 0 Å². The van der Waals surface area contributed by atoms with Crippen LogP contribution in [0.4, 0.5) is 0 Å². The van der Waals surface area contributed by atoms with E-state index in [0.29, 0.717) is 0 Å². The molecule has 0 radical (unpaired) electrons. The van der Waals surface area contributed by atoms with Gasteiger partial charge < -0.3 is 9.67 Å². The standard InChI is InChI=1S/C22H18N4O/c1-25-9-8-16-10-15(6-7-20(16)25)21-11-24-22-12-23-19(13-26(21)22)18-5-3-2-4-17(18)14-27/h2-13,27H,14H2,1H3. The van der Waals surface area contributed by atoms with E-state index < -0.39 is 0 Å². The summed E-state index contributed by atoms with van der Waals surface area (Å²) in [5, 5.41) is 10.8. The van der Waals surface area contributed by atoms with Crippen LogP contribution in [0.3, 0.4) is 0 Å². The lowest BCUT2D eigenvalue weighted by Crippen LogP contribution is -1.96. The van der Waals surface area contributed by atoms with Crippen LogP contribution in [0, 0.1) is 0 Å². The van der Waals surface area contributed by atoms with Crippen LogP contribution in [-0.4, -0.2) is 24.0 Å². The molecule has 0 saturated heterocycles. The van der Waals surface area contributed by atoms with E-state index in [-0.39, 0.29) is 6.61 Å². The highest BCUT2D eigenvalue weighted by Crippen LogP contribution is 2.28. The number of aryl methyl sites for hydroxylation is 1. The Bertz CT molecular complexity index is 1280. The fraction of sp³-hybridized carbons (Fsp3) is 0.0909. The lowest BCUT2D eigenvalue weighted by Gasteiger charge is -2.08. The molecule has 1 N–H and O–H groups in total. The molecule has 0 unspecified atom stereocenters. The zero-order valence-electron chi connectivity index (χ0n) is 14.9. The van der Waals surface area contributed by atoms with Gasteiger partial charge in [-0.2, -0.15) is 0 Å². The van der Waals surface area contributed by atoms with Gasteiger partial charge in [-0.05, 0) is 23.8 Å². The van der Waals surface area contributed by atoms with Crippen molar-refractivity contribution in [2.75, 3.05) is 0 Å². The number of imidazole rings is 1. The Balaban J connectivity index is 1.69. The summed E-state index contributed by atoms with van der Waals surface area (Å²) in [5.74, 6) is 0. The third-order valence-corrected chi connectivity index (χ3v) is 5.04. The molecule has 3 heterocycles. The van der Waals surface area contributed by atoms with Crippen molar-refractivity contribution in [3.63, 3.8) is 0 Å². The van der Waals surface area contributed by atoms with E-state index in [1.165, 1.54) is 10.9 Å². The number of hydrogen-bond donors (Lipinski definition) is 1. The van der Waals surface area contributed by atoms with Gasteiger partial charge in [0.2, 0.25) is 0 Å². The third-order valence-electron chi connectivity index (χ3n) is 5.04. The first-order valence-electron chi connectivity index (χ1n) is 8.82. The number of aromatic nitrogens is 4. The molecule has 0 amide bonds. The van der Waals surface area contributed by atoms with Gasteiger partial charge in [0, 0.05) is 41.5 Å². The number of aliphatic hydroxyl groups is 1. The Labute approximate surface area is 156 Å². The monoisotopic (exact) mass is 354 g/mol. The molecule has 5 nitrogen and oxygen atoms in total. The van der Waals surface area contributed by atoms with Gasteiger partial charge in [-0.25, -0.2) is 4.98 Å². The van der Waals surface area contributed by atoms with Gasteiger partial charge in [-0.1, -0.05) is 30.3 Å². The van der Waals surface area contributed by atoms with Gasteiger partial charge in [0.25, 0.3) is 0 Å². The van der Waals surface area contributed by atoms with E-state index >= 15 is 0 Å². The van der Waals surface area contributed by atoms with Crippen LogP contribution < -0.4 is 0 Å². The average Bonchev–Trinajstić information content (AvgIpc) is 3.30. The number of benzene rings is 2. The molecule has 5 aromatic rings. The maximum Gasteiger partial charge on any atom is 0.155 e. The first-order valence-corrected chi connectivity index (χ1v) is 8.82. The van der Waals surface area contributed by atoms with Crippen LogP contribution in [0.2, 0.25) is 0 Å². The van der Waals surface area contributed by atoms with E-state index in [4.69, 9.17) is 0 Å². The minimum atomic E-state index is -0.0165. The Morgan fingerprint density at radius 2 is 1.89 bits per heavy atom. The number of nitrogens with zero attached hydrogens (tertiary/aromatic N) is 4. The lowest BCUT2D eigenvalue weighted by atomic mass is 10.1. The van der Waals surface area contributed by atoms with Gasteiger partial charge in [-0.3, -0.25) is 9.38 Å². The molecule has 0 aliphatic heterocycles. The molecule has 2 aromatic carbocycles. The fourth-order valence-electron chi connectivity index (χ4n) is 3.59. The second-order valence-electron chi connectivity index (χ2n) is 6.66. The summed E-state index contributed by atoms with van der Waals surface area (Å²) in [7, 11) is 2.05. The van der Waals surface area contributed by atoms with Crippen molar-refractivity contribution in [1.29, 1.82) is 0 Å². The maximum absolute atomic E-state index is 9.64. The molecule has 0 saturated carbocycles. The lowest BCUT2D eigenvalue weighted by molar-refractivity contribution is 0.282. The Morgan fingerprint density at radius 3 is 2.78 bits per heavy atom. The van der Waals surface area contributed by atoms with Crippen LogP contribution in [0.15, 0.2) is 73.3 Å². The zero-order chi connectivity index (χ0) is 18.4. The number of rotatable bonds is 3. The largest absolute Gasteiger partial charge is 0.392 e. The van der Waals surface area contributed by atoms with Gasteiger partial charge in [0.15, 0.2) is 5.65 Å². The molecule has 0 bridgehead atoms.